The predicted molar refractivity (Wildman–Crippen MR) is 63.6 cm³/mol. The van der Waals surface area contributed by atoms with E-state index in [1.54, 1.807) is 14.0 Å². The Bertz CT molecular complexity index is 365. The SMILES string of the molecule is COCCCN(C)c1nc(C(=O)O)c(C)s1. The molecule has 0 aromatic carbocycles. The van der Waals surface area contributed by atoms with Crippen LogP contribution < -0.4 is 4.90 Å². The third kappa shape index (κ3) is 3.18. The Kier molecular flexibility index (Phi) is 4.70. The van der Waals surface area contributed by atoms with Gasteiger partial charge < -0.3 is 14.7 Å². The molecule has 0 aliphatic heterocycles. The predicted octanol–water partition coefficient (Wildman–Crippen LogP) is 1.62. The maximum absolute atomic E-state index is 10.8. The Morgan fingerprint density at radius 3 is 2.81 bits per heavy atom. The molecule has 1 aromatic heterocycles. The fourth-order valence-electron chi connectivity index (χ4n) is 1.29. The van der Waals surface area contributed by atoms with Crippen molar-refractivity contribution in [1.82, 2.24) is 4.98 Å². The molecule has 0 atom stereocenters. The van der Waals surface area contributed by atoms with E-state index in [1.807, 2.05) is 11.9 Å². The summed E-state index contributed by atoms with van der Waals surface area (Å²) < 4.78 is 4.96. The molecule has 90 valence electrons. The highest BCUT2D eigenvalue weighted by molar-refractivity contribution is 7.15. The number of aromatic nitrogens is 1. The lowest BCUT2D eigenvalue weighted by Crippen LogP contribution is -2.19. The number of rotatable bonds is 6. The molecule has 0 spiro atoms. The highest BCUT2D eigenvalue weighted by Gasteiger charge is 2.15. The third-order valence-corrected chi connectivity index (χ3v) is 3.24. The number of aromatic carboxylic acids is 1. The molecule has 0 amide bonds. The highest BCUT2D eigenvalue weighted by atomic mass is 32.1. The number of anilines is 1. The average molecular weight is 244 g/mol. The molecule has 1 rings (SSSR count). The topological polar surface area (TPSA) is 62.7 Å². The van der Waals surface area contributed by atoms with Gasteiger partial charge in [-0.25, -0.2) is 9.78 Å². The van der Waals surface area contributed by atoms with Crippen LogP contribution in [0.1, 0.15) is 21.8 Å². The zero-order chi connectivity index (χ0) is 12.1. The van der Waals surface area contributed by atoms with E-state index >= 15 is 0 Å². The molecule has 1 heterocycles. The Morgan fingerprint density at radius 2 is 2.31 bits per heavy atom. The molecule has 0 aliphatic rings. The molecule has 1 aromatic rings. The summed E-state index contributed by atoms with van der Waals surface area (Å²) in [5.74, 6) is -0.967. The van der Waals surface area contributed by atoms with Crippen LogP contribution in [-0.2, 0) is 4.74 Å². The van der Waals surface area contributed by atoms with Crippen molar-refractivity contribution in [2.75, 3.05) is 32.2 Å². The van der Waals surface area contributed by atoms with E-state index in [-0.39, 0.29) is 5.69 Å². The summed E-state index contributed by atoms with van der Waals surface area (Å²) in [6.07, 6.45) is 0.897. The Hall–Kier alpha value is -1.14. The largest absolute Gasteiger partial charge is 0.476 e. The number of carbonyl (C=O) groups is 1. The number of carboxylic acid groups (broad SMARTS) is 1. The van der Waals surface area contributed by atoms with Crippen LogP contribution in [0.3, 0.4) is 0 Å². The number of thiazole rings is 1. The van der Waals surface area contributed by atoms with Crippen LogP contribution in [0.2, 0.25) is 0 Å². The van der Waals surface area contributed by atoms with Gasteiger partial charge in [0.2, 0.25) is 0 Å². The fraction of sp³-hybridized carbons (Fsp3) is 0.600. The van der Waals surface area contributed by atoms with Crippen LogP contribution >= 0.6 is 11.3 Å². The Balaban J connectivity index is 2.65. The van der Waals surface area contributed by atoms with Gasteiger partial charge in [-0.05, 0) is 13.3 Å². The standard InChI is InChI=1S/C10H16N2O3S/c1-7-8(9(13)14)11-10(16-7)12(2)5-4-6-15-3/h4-6H2,1-3H3,(H,13,14). The minimum atomic E-state index is -0.967. The van der Waals surface area contributed by atoms with Crippen molar-refractivity contribution in [2.45, 2.75) is 13.3 Å². The molecular formula is C10H16N2O3S. The van der Waals surface area contributed by atoms with Crippen molar-refractivity contribution in [3.63, 3.8) is 0 Å². The number of carboxylic acids is 1. The van der Waals surface area contributed by atoms with Gasteiger partial charge in [-0.1, -0.05) is 0 Å². The van der Waals surface area contributed by atoms with Crippen LogP contribution in [0, 0.1) is 6.92 Å². The number of hydrogen-bond acceptors (Lipinski definition) is 5. The molecule has 5 nitrogen and oxygen atoms in total. The zero-order valence-corrected chi connectivity index (χ0v) is 10.5. The van der Waals surface area contributed by atoms with Crippen LogP contribution in [0.15, 0.2) is 0 Å². The normalized spacial score (nSPS) is 10.4. The number of ether oxygens (including phenoxy) is 1. The summed E-state index contributed by atoms with van der Waals surface area (Å²) in [7, 11) is 3.57. The van der Waals surface area contributed by atoms with Crippen molar-refractivity contribution in [3.8, 4) is 0 Å². The van der Waals surface area contributed by atoms with Crippen molar-refractivity contribution >= 4 is 22.4 Å². The van der Waals surface area contributed by atoms with E-state index in [2.05, 4.69) is 4.98 Å². The van der Waals surface area contributed by atoms with Gasteiger partial charge in [0.05, 0.1) is 0 Å². The summed E-state index contributed by atoms with van der Waals surface area (Å²) in [5, 5.41) is 9.62. The summed E-state index contributed by atoms with van der Waals surface area (Å²) in [5.41, 5.74) is 0.151. The maximum atomic E-state index is 10.8. The molecule has 0 saturated carbocycles. The van der Waals surface area contributed by atoms with E-state index in [9.17, 15) is 4.79 Å². The van der Waals surface area contributed by atoms with E-state index in [0.717, 1.165) is 23.0 Å². The number of nitrogens with zero attached hydrogens (tertiary/aromatic N) is 2. The molecule has 0 aliphatic carbocycles. The van der Waals surface area contributed by atoms with Crippen LogP contribution in [0.25, 0.3) is 0 Å². The van der Waals surface area contributed by atoms with Crippen molar-refractivity contribution in [1.29, 1.82) is 0 Å². The first-order valence-corrected chi connectivity index (χ1v) is 5.78. The summed E-state index contributed by atoms with van der Waals surface area (Å²) in [6.45, 7) is 3.27. The minimum absolute atomic E-state index is 0.151. The van der Waals surface area contributed by atoms with Gasteiger partial charge in [-0.2, -0.15) is 0 Å². The molecule has 6 heteroatoms. The first-order valence-electron chi connectivity index (χ1n) is 4.97. The average Bonchev–Trinajstić information content (AvgIpc) is 2.60. The van der Waals surface area contributed by atoms with Crippen molar-refractivity contribution < 1.29 is 14.6 Å². The Labute approximate surface area is 98.7 Å². The van der Waals surface area contributed by atoms with Gasteiger partial charge in [0.25, 0.3) is 0 Å². The number of aryl methyl sites for hydroxylation is 1. The van der Waals surface area contributed by atoms with Crippen molar-refractivity contribution in [3.05, 3.63) is 10.6 Å². The lowest BCUT2D eigenvalue weighted by atomic mass is 10.4. The fourth-order valence-corrected chi connectivity index (χ4v) is 2.17. The quantitative estimate of drug-likeness (QED) is 0.770. The van der Waals surface area contributed by atoms with Gasteiger partial charge in [0.15, 0.2) is 10.8 Å². The Morgan fingerprint density at radius 1 is 1.62 bits per heavy atom. The lowest BCUT2D eigenvalue weighted by Gasteiger charge is -2.14. The van der Waals surface area contributed by atoms with Gasteiger partial charge >= 0.3 is 5.97 Å². The minimum Gasteiger partial charge on any atom is -0.476 e. The number of methoxy groups -OCH3 is 1. The molecule has 0 unspecified atom stereocenters. The van der Waals surface area contributed by atoms with Crippen molar-refractivity contribution in [2.24, 2.45) is 0 Å². The zero-order valence-electron chi connectivity index (χ0n) is 9.69. The molecule has 0 saturated heterocycles. The lowest BCUT2D eigenvalue weighted by molar-refractivity contribution is 0.0690. The van der Waals surface area contributed by atoms with Gasteiger partial charge in [-0.15, -0.1) is 11.3 Å². The number of hydrogen-bond donors (Lipinski definition) is 1. The van der Waals surface area contributed by atoms with Gasteiger partial charge in [0, 0.05) is 32.2 Å². The molecule has 1 N–H and O–H groups in total. The molecule has 0 radical (unpaired) electrons. The smallest absolute Gasteiger partial charge is 0.355 e. The molecular weight excluding hydrogens is 228 g/mol. The second kappa shape index (κ2) is 5.81. The van der Waals surface area contributed by atoms with Gasteiger partial charge in [0.1, 0.15) is 0 Å². The van der Waals surface area contributed by atoms with E-state index in [4.69, 9.17) is 9.84 Å². The van der Waals surface area contributed by atoms with Crippen LogP contribution in [0.4, 0.5) is 5.13 Å². The van der Waals surface area contributed by atoms with Crippen LogP contribution in [-0.4, -0.2) is 43.4 Å². The van der Waals surface area contributed by atoms with E-state index in [0.29, 0.717) is 6.61 Å². The second-order valence-corrected chi connectivity index (χ2v) is 4.66. The van der Waals surface area contributed by atoms with E-state index < -0.39 is 5.97 Å². The monoisotopic (exact) mass is 244 g/mol. The first-order chi connectivity index (χ1) is 7.56. The second-order valence-electron chi connectivity index (χ2n) is 3.47. The summed E-state index contributed by atoms with van der Waals surface area (Å²) in [6, 6.07) is 0. The summed E-state index contributed by atoms with van der Waals surface area (Å²) >= 11 is 1.40. The van der Waals surface area contributed by atoms with E-state index in [1.165, 1.54) is 11.3 Å². The first kappa shape index (κ1) is 12.9. The summed E-state index contributed by atoms with van der Waals surface area (Å²) in [4.78, 5) is 17.6. The van der Waals surface area contributed by atoms with Gasteiger partial charge in [-0.3, -0.25) is 0 Å². The molecule has 0 bridgehead atoms. The molecule has 0 fully saturated rings. The maximum Gasteiger partial charge on any atom is 0.355 e. The highest BCUT2D eigenvalue weighted by Crippen LogP contribution is 2.24. The third-order valence-electron chi connectivity index (χ3n) is 2.16. The molecule has 16 heavy (non-hydrogen) atoms. The van der Waals surface area contributed by atoms with Crippen LogP contribution in [0.5, 0.6) is 0 Å².